The molecular formula is C14H20BrN3O2S. The fourth-order valence-corrected chi connectivity index (χ4v) is 2.34. The fraction of sp³-hybridized carbons (Fsp3) is 0.429. The number of hydrogen-bond acceptors (Lipinski definition) is 4. The fourth-order valence-electron chi connectivity index (χ4n) is 1.60. The first-order chi connectivity index (χ1) is 9.93. The van der Waals surface area contributed by atoms with Crippen molar-refractivity contribution in [3.63, 3.8) is 0 Å². The van der Waals surface area contributed by atoms with Gasteiger partial charge in [-0.05, 0) is 49.1 Å². The molecule has 0 radical (unpaired) electrons. The van der Waals surface area contributed by atoms with Crippen molar-refractivity contribution in [1.82, 2.24) is 5.32 Å². The molecule has 0 fully saturated rings. The molecule has 1 rings (SSSR count). The summed E-state index contributed by atoms with van der Waals surface area (Å²) in [7, 11) is 0. The van der Waals surface area contributed by atoms with E-state index < -0.39 is 6.04 Å². The van der Waals surface area contributed by atoms with E-state index >= 15 is 0 Å². The van der Waals surface area contributed by atoms with Crippen LogP contribution in [0.4, 0.5) is 5.69 Å². The van der Waals surface area contributed by atoms with Crippen molar-refractivity contribution in [2.45, 2.75) is 19.4 Å². The lowest BCUT2D eigenvalue weighted by Gasteiger charge is -2.12. The normalized spacial score (nSPS) is 11.8. The minimum atomic E-state index is -0.569. The molecule has 116 valence electrons. The van der Waals surface area contributed by atoms with Gasteiger partial charge in [-0.2, -0.15) is 11.8 Å². The van der Waals surface area contributed by atoms with Crippen molar-refractivity contribution in [1.29, 1.82) is 0 Å². The number of carbonyl (C=O) groups is 2. The zero-order chi connectivity index (χ0) is 15.8. The molecule has 1 aromatic rings. The van der Waals surface area contributed by atoms with Crippen LogP contribution in [0.15, 0.2) is 22.7 Å². The lowest BCUT2D eigenvalue weighted by molar-refractivity contribution is -0.125. The highest BCUT2D eigenvalue weighted by Gasteiger charge is 2.13. The standard InChI is InChI=1S/C14H20BrN3O2S/c1-9-7-10(3-4-11(9)15)18-13(19)8-17-14(20)12(16)5-6-21-2/h3-4,7,12H,5-6,8,16H2,1-2H3,(H,17,20)(H,18,19)/t12-/m0/s1. The minimum absolute atomic E-state index is 0.0824. The Morgan fingerprint density at radius 2 is 2.14 bits per heavy atom. The zero-order valence-corrected chi connectivity index (χ0v) is 14.5. The van der Waals surface area contributed by atoms with Crippen molar-refractivity contribution in [3.8, 4) is 0 Å². The zero-order valence-electron chi connectivity index (χ0n) is 12.1. The van der Waals surface area contributed by atoms with Crippen LogP contribution in [0.5, 0.6) is 0 Å². The Labute approximate surface area is 137 Å². The Hall–Kier alpha value is -1.05. The van der Waals surface area contributed by atoms with Gasteiger partial charge in [0.15, 0.2) is 0 Å². The second kappa shape index (κ2) is 9.07. The Bertz CT molecular complexity index is 511. The van der Waals surface area contributed by atoms with Crippen LogP contribution in [-0.2, 0) is 9.59 Å². The third kappa shape index (κ3) is 6.50. The average molecular weight is 374 g/mol. The summed E-state index contributed by atoms with van der Waals surface area (Å²) in [5, 5.41) is 5.27. The van der Waals surface area contributed by atoms with Crippen molar-refractivity contribution in [2.24, 2.45) is 5.73 Å². The lowest BCUT2D eigenvalue weighted by Crippen LogP contribution is -2.43. The molecule has 0 bridgehead atoms. The quantitative estimate of drug-likeness (QED) is 0.681. The summed E-state index contributed by atoms with van der Waals surface area (Å²) in [5.41, 5.74) is 7.44. The Morgan fingerprint density at radius 3 is 2.76 bits per heavy atom. The van der Waals surface area contributed by atoms with E-state index in [9.17, 15) is 9.59 Å². The van der Waals surface area contributed by atoms with E-state index in [1.807, 2.05) is 25.3 Å². The van der Waals surface area contributed by atoms with E-state index in [1.165, 1.54) is 0 Å². The number of anilines is 1. The van der Waals surface area contributed by atoms with E-state index in [1.54, 1.807) is 17.8 Å². The van der Waals surface area contributed by atoms with Gasteiger partial charge in [-0.25, -0.2) is 0 Å². The van der Waals surface area contributed by atoms with Crippen LogP contribution in [-0.4, -0.2) is 36.4 Å². The Balaban J connectivity index is 2.40. The molecule has 21 heavy (non-hydrogen) atoms. The summed E-state index contributed by atoms with van der Waals surface area (Å²) < 4.78 is 0.980. The van der Waals surface area contributed by atoms with Crippen molar-refractivity contribution >= 4 is 45.2 Å². The van der Waals surface area contributed by atoms with Crippen molar-refractivity contribution in [2.75, 3.05) is 23.9 Å². The molecular weight excluding hydrogens is 354 g/mol. The van der Waals surface area contributed by atoms with E-state index in [0.29, 0.717) is 12.1 Å². The first kappa shape index (κ1) is 18.0. The largest absolute Gasteiger partial charge is 0.346 e. The van der Waals surface area contributed by atoms with Crippen LogP contribution >= 0.6 is 27.7 Å². The number of aryl methyl sites for hydroxylation is 1. The van der Waals surface area contributed by atoms with Gasteiger partial charge in [0.05, 0.1) is 12.6 Å². The smallest absolute Gasteiger partial charge is 0.243 e. The molecule has 1 atom stereocenters. The third-order valence-corrected chi connectivity index (χ3v) is 4.37. The summed E-state index contributed by atoms with van der Waals surface area (Å²) in [6.45, 7) is 1.85. The summed E-state index contributed by atoms with van der Waals surface area (Å²) in [6.07, 6.45) is 2.55. The van der Waals surface area contributed by atoms with Crippen LogP contribution in [0.25, 0.3) is 0 Å². The maximum Gasteiger partial charge on any atom is 0.243 e. The highest BCUT2D eigenvalue weighted by atomic mass is 79.9. The second-order valence-electron chi connectivity index (χ2n) is 4.62. The SMILES string of the molecule is CSCC[C@H](N)C(=O)NCC(=O)Nc1ccc(Br)c(C)c1. The lowest BCUT2D eigenvalue weighted by atomic mass is 10.2. The van der Waals surface area contributed by atoms with Crippen molar-refractivity contribution < 1.29 is 9.59 Å². The Kier molecular flexibility index (Phi) is 7.77. The van der Waals surface area contributed by atoms with Crippen LogP contribution in [0.3, 0.4) is 0 Å². The number of nitrogens with one attached hydrogen (secondary N) is 2. The molecule has 0 spiro atoms. The number of nitrogens with two attached hydrogens (primary N) is 1. The van der Waals surface area contributed by atoms with E-state index in [0.717, 1.165) is 15.8 Å². The average Bonchev–Trinajstić information content (AvgIpc) is 2.46. The van der Waals surface area contributed by atoms with Gasteiger partial charge in [0.2, 0.25) is 11.8 Å². The van der Waals surface area contributed by atoms with Gasteiger partial charge in [-0.3, -0.25) is 9.59 Å². The van der Waals surface area contributed by atoms with Crippen LogP contribution in [0.1, 0.15) is 12.0 Å². The third-order valence-electron chi connectivity index (χ3n) is 2.83. The molecule has 0 saturated carbocycles. The predicted octanol–water partition coefficient (Wildman–Crippen LogP) is 1.89. The highest BCUT2D eigenvalue weighted by Crippen LogP contribution is 2.19. The van der Waals surface area contributed by atoms with Crippen LogP contribution < -0.4 is 16.4 Å². The van der Waals surface area contributed by atoms with Gasteiger partial charge in [0.25, 0.3) is 0 Å². The molecule has 0 aliphatic carbocycles. The number of amides is 2. The molecule has 5 nitrogen and oxygen atoms in total. The molecule has 4 N–H and O–H groups in total. The van der Waals surface area contributed by atoms with Gasteiger partial charge >= 0.3 is 0 Å². The molecule has 0 aromatic heterocycles. The maximum absolute atomic E-state index is 11.8. The molecule has 0 aliphatic heterocycles. The first-order valence-electron chi connectivity index (χ1n) is 6.52. The summed E-state index contributed by atoms with van der Waals surface area (Å²) in [5.74, 6) is 0.243. The summed E-state index contributed by atoms with van der Waals surface area (Å²) >= 11 is 5.03. The number of halogens is 1. The topological polar surface area (TPSA) is 84.2 Å². The van der Waals surface area contributed by atoms with Gasteiger partial charge < -0.3 is 16.4 Å². The molecule has 0 aliphatic rings. The van der Waals surface area contributed by atoms with Crippen LogP contribution in [0.2, 0.25) is 0 Å². The van der Waals surface area contributed by atoms with Gasteiger partial charge in [-0.1, -0.05) is 15.9 Å². The van der Waals surface area contributed by atoms with Crippen molar-refractivity contribution in [3.05, 3.63) is 28.2 Å². The number of benzene rings is 1. The monoisotopic (exact) mass is 373 g/mol. The van der Waals surface area contributed by atoms with E-state index in [-0.39, 0.29) is 18.4 Å². The van der Waals surface area contributed by atoms with Gasteiger partial charge in [-0.15, -0.1) is 0 Å². The molecule has 1 aromatic carbocycles. The highest BCUT2D eigenvalue weighted by molar-refractivity contribution is 9.10. The molecule has 7 heteroatoms. The number of rotatable bonds is 7. The number of carbonyl (C=O) groups excluding carboxylic acids is 2. The predicted molar refractivity (Wildman–Crippen MR) is 91.5 cm³/mol. The Morgan fingerprint density at radius 1 is 1.43 bits per heavy atom. The molecule has 0 saturated heterocycles. The number of thioether (sulfide) groups is 1. The van der Waals surface area contributed by atoms with E-state index in [2.05, 4.69) is 26.6 Å². The molecule has 2 amide bonds. The minimum Gasteiger partial charge on any atom is -0.346 e. The second-order valence-corrected chi connectivity index (χ2v) is 6.46. The first-order valence-corrected chi connectivity index (χ1v) is 8.71. The van der Waals surface area contributed by atoms with Gasteiger partial charge in [0.1, 0.15) is 0 Å². The van der Waals surface area contributed by atoms with E-state index in [4.69, 9.17) is 5.73 Å². The molecule has 0 unspecified atom stereocenters. The van der Waals surface area contributed by atoms with Crippen LogP contribution in [0, 0.1) is 6.92 Å². The summed E-state index contributed by atoms with van der Waals surface area (Å²) in [4.78, 5) is 23.4. The molecule has 0 heterocycles. The number of hydrogen-bond donors (Lipinski definition) is 3. The maximum atomic E-state index is 11.8. The summed E-state index contributed by atoms with van der Waals surface area (Å²) in [6, 6.07) is 4.94. The van der Waals surface area contributed by atoms with Gasteiger partial charge in [0, 0.05) is 10.2 Å².